The third-order valence-electron chi connectivity index (χ3n) is 5.04. The van der Waals surface area contributed by atoms with Gasteiger partial charge in [0, 0.05) is 32.4 Å². The van der Waals surface area contributed by atoms with Crippen LogP contribution in [-0.4, -0.2) is 54.4 Å². The van der Waals surface area contributed by atoms with Gasteiger partial charge in [0.2, 0.25) is 5.88 Å². The Kier molecular flexibility index (Phi) is 6.25. The van der Waals surface area contributed by atoms with Crippen LogP contribution in [0, 0.1) is 0 Å². The SMILES string of the molecule is CN(C)c1ccc(OC2CCCN(C(=O)Nc3ccc(C(C)(C)C)cc3)C2)nn1. The molecule has 1 aromatic heterocycles. The zero-order chi connectivity index (χ0) is 21.0. The minimum absolute atomic E-state index is 0.0859. The smallest absolute Gasteiger partial charge is 0.321 e. The van der Waals surface area contributed by atoms with Crippen molar-refractivity contribution >= 4 is 17.5 Å². The fourth-order valence-corrected chi connectivity index (χ4v) is 3.26. The van der Waals surface area contributed by atoms with Crippen LogP contribution in [-0.2, 0) is 5.41 Å². The molecule has 1 saturated heterocycles. The molecule has 7 heteroatoms. The maximum Gasteiger partial charge on any atom is 0.321 e. The highest BCUT2D eigenvalue weighted by atomic mass is 16.5. The number of aromatic nitrogens is 2. The Balaban J connectivity index is 1.56. The lowest BCUT2D eigenvalue weighted by molar-refractivity contribution is 0.102. The van der Waals surface area contributed by atoms with Crippen molar-refractivity contribution in [3.63, 3.8) is 0 Å². The van der Waals surface area contributed by atoms with Crippen LogP contribution in [0.2, 0.25) is 0 Å². The van der Waals surface area contributed by atoms with Crippen molar-refractivity contribution in [1.82, 2.24) is 15.1 Å². The number of hydrogen-bond donors (Lipinski definition) is 1. The Morgan fingerprint density at radius 3 is 2.45 bits per heavy atom. The standard InChI is InChI=1S/C22H31N5O2/c1-22(2,3)16-8-10-17(11-9-16)23-21(28)27-14-6-7-18(15-27)29-20-13-12-19(24-25-20)26(4)5/h8-13,18H,6-7,14-15H2,1-5H3,(H,23,28). The van der Waals surface area contributed by atoms with E-state index in [4.69, 9.17) is 4.74 Å². The fourth-order valence-electron chi connectivity index (χ4n) is 3.26. The number of urea groups is 1. The van der Waals surface area contributed by atoms with Crippen molar-refractivity contribution in [1.29, 1.82) is 0 Å². The Morgan fingerprint density at radius 1 is 1.14 bits per heavy atom. The largest absolute Gasteiger partial charge is 0.471 e. The van der Waals surface area contributed by atoms with E-state index >= 15 is 0 Å². The molecule has 0 spiro atoms. The first-order chi connectivity index (χ1) is 13.7. The fraction of sp³-hybridized carbons (Fsp3) is 0.500. The summed E-state index contributed by atoms with van der Waals surface area (Å²) < 4.78 is 5.96. The van der Waals surface area contributed by atoms with Crippen LogP contribution in [0.3, 0.4) is 0 Å². The second-order valence-electron chi connectivity index (χ2n) is 8.71. The van der Waals surface area contributed by atoms with E-state index in [-0.39, 0.29) is 17.6 Å². The maximum atomic E-state index is 12.7. The molecule has 2 heterocycles. The maximum absolute atomic E-state index is 12.7. The molecule has 1 aliphatic heterocycles. The Morgan fingerprint density at radius 2 is 1.86 bits per heavy atom. The third-order valence-corrected chi connectivity index (χ3v) is 5.04. The van der Waals surface area contributed by atoms with Crippen molar-refractivity contribution < 1.29 is 9.53 Å². The number of benzene rings is 1. The highest BCUT2D eigenvalue weighted by Crippen LogP contribution is 2.24. The van der Waals surface area contributed by atoms with E-state index in [9.17, 15) is 4.79 Å². The van der Waals surface area contributed by atoms with Crippen molar-refractivity contribution in [3.05, 3.63) is 42.0 Å². The van der Waals surface area contributed by atoms with Crippen LogP contribution in [0.15, 0.2) is 36.4 Å². The lowest BCUT2D eigenvalue weighted by Crippen LogP contribution is -2.46. The van der Waals surface area contributed by atoms with Crippen molar-refractivity contribution in [2.24, 2.45) is 0 Å². The Labute approximate surface area is 173 Å². The monoisotopic (exact) mass is 397 g/mol. The van der Waals surface area contributed by atoms with Crippen molar-refractivity contribution in [2.45, 2.75) is 45.1 Å². The summed E-state index contributed by atoms with van der Waals surface area (Å²) in [6.45, 7) is 7.77. The van der Waals surface area contributed by atoms with E-state index in [0.717, 1.165) is 30.9 Å². The van der Waals surface area contributed by atoms with Gasteiger partial charge in [-0.15, -0.1) is 10.2 Å². The predicted molar refractivity (Wildman–Crippen MR) is 116 cm³/mol. The van der Waals surface area contributed by atoms with Crippen molar-refractivity contribution in [3.8, 4) is 5.88 Å². The van der Waals surface area contributed by atoms with Gasteiger partial charge in [0.15, 0.2) is 5.82 Å². The molecule has 1 aromatic carbocycles. The number of anilines is 2. The highest BCUT2D eigenvalue weighted by Gasteiger charge is 2.25. The van der Waals surface area contributed by atoms with Crippen LogP contribution in [0.25, 0.3) is 0 Å². The first kappa shape index (κ1) is 20.9. The van der Waals surface area contributed by atoms with Gasteiger partial charge in [-0.05, 0) is 42.0 Å². The zero-order valence-electron chi connectivity index (χ0n) is 18.0. The lowest BCUT2D eigenvalue weighted by atomic mass is 9.87. The number of nitrogens with zero attached hydrogens (tertiary/aromatic N) is 4. The van der Waals surface area contributed by atoms with Crippen LogP contribution in [0.4, 0.5) is 16.3 Å². The molecule has 0 aliphatic carbocycles. The molecule has 0 radical (unpaired) electrons. The van der Waals surface area contributed by atoms with Gasteiger partial charge in [-0.3, -0.25) is 0 Å². The van der Waals surface area contributed by atoms with E-state index in [0.29, 0.717) is 12.4 Å². The number of piperidine rings is 1. The number of carbonyl (C=O) groups is 1. The average molecular weight is 398 g/mol. The molecule has 2 aromatic rings. The first-order valence-electron chi connectivity index (χ1n) is 10.1. The summed E-state index contributed by atoms with van der Waals surface area (Å²) in [7, 11) is 3.83. The van der Waals surface area contributed by atoms with Gasteiger partial charge in [-0.2, -0.15) is 0 Å². The van der Waals surface area contributed by atoms with Gasteiger partial charge in [-0.25, -0.2) is 4.79 Å². The Bertz CT molecular complexity index is 813. The van der Waals surface area contributed by atoms with Gasteiger partial charge in [0.25, 0.3) is 0 Å². The molecular weight excluding hydrogens is 366 g/mol. The molecule has 1 N–H and O–H groups in total. The van der Waals surface area contributed by atoms with Crippen LogP contribution in [0.5, 0.6) is 5.88 Å². The molecule has 1 atom stereocenters. The number of rotatable bonds is 4. The second-order valence-corrected chi connectivity index (χ2v) is 8.71. The molecule has 156 valence electrons. The van der Waals surface area contributed by atoms with E-state index in [1.807, 2.05) is 43.3 Å². The number of likely N-dealkylation sites (tertiary alicyclic amines) is 1. The summed E-state index contributed by atoms with van der Waals surface area (Å²) in [6.07, 6.45) is 1.70. The molecule has 3 rings (SSSR count). The molecule has 2 amide bonds. The third kappa shape index (κ3) is 5.59. The molecule has 1 fully saturated rings. The Hall–Kier alpha value is -2.83. The zero-order valence-corrected chi connectivity index (χ0v) is 18.0. The highest BCUT2D eigenvalue weighted by molar-refractivity contribution is 5.89. The molecule has 1 aliphatic rings. The average Bonchev–Trinajstić information content (AvgIpc) is 2.68. The predicted octanol–water partition coefficient (Wildman–Crippen LogP) is 3.92. The van der Waals surface area contributed by atoms with Gasteiger partial charge >= 0.3 is 6.03 Å². The van der Waals surface area contributed by atoms with E-state index in [2.05, 4.69) is 48.4 Å². The summed E-state index contributed by atoms with van der Waals surface area (Å²) >= 11 is 0. The van der Waals surface area contributed by atoms with Crippen LogP contribution >= 0.6 is 0 Å². The van der Waals surface area contributed by atoms with Crippen molar-refractivity contribution in [2.75, 3.05) is 37.4 Å². The van der Waals surface area contributed by atoms with Gasteiger partial charge < -0.3 is 19.9 Å². The minimum atomic E-state index is -0.101. The van der Waals surface area contributed by atoms with Gasteiger partial charge in [0.1, 0.15) is 6.10 Å². The van der Waals surface area contributed by atoms with Gasteiger partial charge in [-0.1, -0.05) is 32.9 Å². The molecule has 7 nitrogen and oxygen atoms in total. The lowest BCUT2D eigenvalue weighted by Gasteiger charge is -2.32. The summed E-state index contributed by atoms with van der Waals surface area (Å²) in [6, 6.07) is 11.6. The summed E-state index contributed by atoms with van der Waals surface area (Å²) in [5.74, 6) is 1.26. The number of ether oxygens (including phenoxy) is 1. The number of carbonyl (C=O) groups excluding carboxylic acids is 1. The van der Waals surface area contributed by atoms with Crippen LogP contribution < -0.4 is 15.0 Å². The molecule has 0 saturated carbocycles. The van der Waals surface area contributed by atoms with E-state index in [1.165, 1.54) is 5.56 Å². The molecule has 1 unspecified atom stereocenters. The molecular formula is C22H31N5O2. The molecule has 29 heavy (non-hydrogen) atoms. The number of nitrogens with one attached hydrogen (secondary N) is 1. The normalized spacial score (nSPS) is 17.0. The van der Waals surface area contributed by atoms with Crippen LogP contribution in [0.1, 0.15) is 39.2 Å². The second kappa shape index (κ2) is 8.68. The topological polar surface area (TPSA) is 70.6 Å². The minimum Gasteiger partial charge on any atom is -0.471 e. The summed E-state index contributed by atoms with van der Waals surface area (Å²) in [5, 5.41) is 11.3. The number of amides is 2. The summed E-state index contributed by atoms with van der Waals surface area (Å²) in [5.41, 5.74) is 2.13. The van der Waals surface area contributed by atoms with Gasteiger partial charge in [0.05, 0.1) is 6.54 Å². The quantitative estimate of drug-likeness (QED) is 0.847. The first-order valence-corrected chi connectivity index (χ1v) is 10.1. The van der Waals surface area contributed by atoms with E-state index in [1.54, 1.807) is 4.90 Å². The number of hydrogen-bond acceptors (Lipinski definition) is 5. The van der Waals surface area contributed by atoms with E-state index < -0.39 is 0 Å². The molecule has 0 bridgehead atoms. The summed E-state index contributed by atoms with van der Waals surface area (Å²) in [4.78, 5) is 16.4.